The van der Waals surface area contributed by atoms with Gasteiger partial charge in [0.05, 0.1) is 36.4 Å². The van der Waals surface area contributed by atoms with Crippen LogP contribution in [-0.4, -0.2) is 103 Å². The Hall–Kier alpha value is -4.00. The van der Waals surface area contributed by atoms with Crippen LogP contribution in [0.3, 0.4) is 0 Å². The Morgan fingerprint density at radius 3 is 2.62 bits per heavy atom. The molecule has 1 aromatic carbocycles. The van der Waals surface area contributed by atoms with Crippen LogP contribution in [0.2, 0.25) is 0 Å². The topological polar surface area (TPSA) is 114 Å². The number of piperazine rings is 1. The lowest BCUT2D eigenvalue weighted by Gasteiger charge is -2.34. The summed E-state index contributed by atoms with van der Waals surface area (Å²) in [6.45, 7) is 11.9. The predicted molar refractivity (Wildman–Crippen MR) is 185 cm³/mol. The molecule has 5 heterocycles. The first-order valence-corrected chi connectivity index (χ1v) is 17.1. The van der Waals surface area contributed by atoms with Gasteiger partial charge in [0.1, 0.15) is 5.75 Å². The quantitative estimate of drug-likeness (QED) is 0.321. The number of methoxy groups -OCH3 is 1. The van der Waals surface area contributed by atoms with Gasteiger partial charge in [0.25, 0.3) is 5.91 Å². The lowest BCUT2D eigenvalue weighted by atomic mass is 9.91. The van der Waals surface area contributed by atoms with Gasteiger partial charge in [-0.2, -0.15) is 0 Å². The van der Waals surface area contributed by atoms with Gasteiger partial charge in [-0.15, -0.1) is 0 Å². The number of anilines is 3. The van der Waals surface area contributed by atoms with Gasteiger partial charge in [0.15, 0.2) is 6.29 Å². The lowest BCUT2D eigenvalue weighted by Crippen LogP contribution is -2.44. The largest absolute Gasteiger partial charge is 0.495 e. The number of amides is 2. The van der Waals surface area contributed by atoms with E-state index in [0.717, 1.165) is 68.2 Å². The number of nitrogens with zero attached hydrogens (tertiary/aromatic N) is 6. The van der Waals surface area contributed by atoms with Gasteiger partial charge < -0.3 is 33.9 Å². The van der Waals surface area contributed by atoms with Crippen molar-refractivity contribution in [3.8, 4) is 17.1 Å². The number of carbonyl (C=O) groups is 2. The van der Waals surface area contributed by atoms with E-state index in [4.69, 9.17) is 19.2 Å². The number of nitrogens with one attached hydrogen (secondary N) is 1. The van der Waals surface area contributed by atoms with Crippen molar-refractivity contribution >= 4 is 29.1 Å². The van der Waals surface area contributed by atoms with Crippen LogP contribution in [0.25, 0.3) is 11.4 Å². The predicted octanol–water partition coefficient (Wildman–Crippen LogP) is 4.95. The number of fused-ring (bicyclic) bond motifs is 1. The smallest absolute Gasteiger partial charge is 0.262 e. The van der Waals surface area contributed by atoms with Crippen LogP contribution in [0, 0.1) is 5.41 Å². The number of hydrogen-bond donors (Lipinski definition) is 1. The Bertz CT molecular complexity index is 1600. The van der Waals surface area contributed by atoms with Crippen LogP contribution in [0.1, 0.15) is 62.5 Å². The molecule has 258 valence electrons. The van der Waals surface area contributed by atoms with E-state index in [1.807, 2.05) is 39.0 Å². The Balaban J connectivity index is 1.29. The minimum absolute atomic E-state index is 0.147. The average Bonchev–Trinajstić information content (AvgIpc) is 3.44. The molecule has 2 aromatic heterocycles. The molecule has 12 heteroatoms. The molecule has 3 aromatic rings. The highest BCUT2D eigenvalue weighted by atomic mass is 16.7. The van der Waals surface area contributed by atoms with Crippen LogP contribution in [0.15, 0.2) is 36.5 Å². The molecule has 0 aliphatic carbocycles. The van der Waals surface area contributed by atoms with Crippen molar-refractivity contribution in [2.75, 3.05) is 70.3 Å². The molecule has 1 atom stereocenters. The monoisotopic (exact) mass is 659 g/mol. The second-order valence-corrected chi connectivity index (χ2v) is 14.1. The maximum Gasteiger partial charge on any atom is 0.262 e. The SMILES string of the molecule is COc1ccc(N2CCN(C)CC2)cc1Nc1nccc(-c2cc3c(n2CCOC2CCCCO2)CCN(C(=O)CC(C)(C)C)C3=O)n1. The molecule has 3 aliphatic heterocycles. The highest BCUT2D eigenvalue weighted by Crippen LogP contribution is 2.34. The molecule has 1 N–H and O–H groups in total. The van der Waals surface area contributed by atoms with Crippen molar-refractivity contribution < 1.29 is 23.8 Å². The molecule has 3 aliphatic rings. The molecule has 12 nitrogen and oxygen atoms in total. The van der Waals surface area contributed by atoms with Crippen molar-refractivity contribution in [3.63, 3.8) is 0 Å². The van der Waals surface area contributed by atoms with Crippen molar-refractivity contribution in [3.05, 3.63) is 47.8 Å². The van der Waals surface area contributed by atoms with Crippen LogP contribution < -0.4 is 15.0 Å². The van der Waals surface area contributed by atoms with E-state index < -0.39 is 0 Å². The van der Waals surface area contributed by atoms with E-state index in [9.17, 15) is 9.59 Å². The lowest BCUT2D eigenvalue weighted by molar-refractivity contribution is -0.163. The summed E-state index contributed by atoms with van der Waals surface area (Å²) in [5, 5.41) is 3.39. The second-order valence-electron chi connectivity index (χ2n) is 14.1. The summed E-state index contributed by atoms with van der Waals surface area (Å²) in [4.78, 5) is 42.5. The Morgan fingerprint density at radius 2 is 1.90 bits per heavy atom. The third kappa shape index (κ3) is 7.82. The third-order valence-corrected chi connectivity index (χ3v) is 9.21. The number of hydrogen-bond acceptors (Lipinski definition) is 10. The molecule has 2 amide bonds. The fourth-order valence-electron chi connectivity index (χ4n) is 6.62. The first-order valence-electron chi connectivity index (χ1n) is 17.1. The first kappa shape index (κ1) is 33.9. The summed E-state index contributed by atoms with van der Waals surface area (Å²) in [7, 11) is 3.80. The summed E-state index contributed by atoms with van der Waals surface area (Å²) in [6, 6.07) is 9.84. The van der Waals surface area contributed by atoms with Gasteiger partial charge in [-0.3, -0.25) is 14.5 Å². The fraction of sp³-hybridized carbons (Fsp3) is 0.556. The summed E-state index contributed by atoms with van der Waals surface area (Å²) in [5.41, 5.74) is 4.50. The molecule has 1 unspecified atom stereocenters. The molecule has 2 fully saturated rings. The van der Waals surface area contributed by atoms with Crippen molar-refractivity contribution in [2.45, 2.75) is 65.7 Å². The van der Waals surface area contributed by atoms with Gasteiger partial charge in [-0.25, -0.2) is 9.97 Å². The molecule has 2 saturated heterocycles. The van der Waals surface area contributed by atoms with Gasteiger partial charge in [0, 0.05) is 76.3 Å². The molecule has 0 radical (unpaired) electrons. The average molecular weight is 660 g/mol. The van der Waals surface area contributed by atoms with E-state index in [-0.39, 0.29) is 23.5 Å². The minimum atomic E-state index is -0.264. The zero-order valence-corrected chi connectivity index (χ0v) is 29.0. The number of rotatable bonds is 10. The van der Waals surface area contributed by atoms with E-state index in [2.05, 4.69) is 43.8 Å². The summed E-state index contributed by atoms with van der Waals surface area (Å²) in [5.74, 6) is 0.687. The number of imide groups is 1. The number of aromatic nitrogens is 3. The Morgan fingerprint density at radius 1 is 1.08 bits per heavy atom. The number of likely N-dealkylation sites (N-methyl/N-ethyl adjacent to an activating group) is 1. The van der Waals surface area contributed by atoms with Crippen molar-refractivity contribution in [1.82, 2.24) is 24.3 Å². The standard InChI is InChI=1S/C36H49N7O5/c1-36(2,3)24-32(44)43-14-12-29-26(34(43)45)23-30(42(29)19-21-48-33-8-6-7-20-47-33)27-11-13-37-35(38-27)39-28-22-25(9-10-31(28)46-5)41-17-15-40(4)16-18-41/h9-11,13,22-23,33H,6-8,12,14-21,24H2,1-5H3,(H,37,38,39). The Kier molecular flexibility index (Phi) is 10.3. The molecule has 0 bridgehead atoms. The summed E-state index contributed by atoms with van der Waals surface area (Å²) >= 11 is 0. The first-order chi connectivity index (χ1) is 23.1. The summed E-state index contributed by atoms with van der Waals surface area (Å²) in [6.07, 6.45) is 5.37. The summed E-state index contributed by atoms with van der Waals surface area (Å²) < 4.78 is 19.7. The highest BCUT2D eigenvalue weighted by Gasteiger charge is 2.34. The molecule has 6 rings (SSSR count). The van der Waals surface area contributed by atoms with E-state index in [0.29, 0.717) is 62.1 Å². The maximum atomic E-state index is 13.8. The molecular weight excluding hydrogens is 610 g/mol. The fourth-order valence-corrected chi connectivity index (χ4v) is 6.62. The number of carbonyl (C=O) groups excluding carboxylic acids is 2. The number of ether oxygens (including phenoxy) is 3. The maximum absolute atomic E-state index is 13.8. The highest BCUT2D eigenvalue weighted by molar-refractivity contribution is 6.07. The van der Waals surface area contributed by atoms with Gasteiger partial charge in [-0.05, 0) is 62.1 Å². The minimum Gasteiger partial charge on any atom is -0.495 e. The van der Waals surface area contributed by atoms with Gasteiger partial charge in [0.2, 0.25) is 11.9 Å². The van der Waals surface area contributed by atoms with Crippen LogP contribution in [0.4, 0.5) is 17.3 Å². The zero-order chi connectivity index (χ0) is 33.8. The molecule has 0 saturated carbocycles. The van der Waals surface area contributed by atoms with Crippen molar-refractivity contribution in [1.29, 1.82) is 0 Å². The molecule has 48 heavy (non-hydrogen) atoms. The van der Waals surface area contributed by atoms with E-state index in [1.165, 1.54) is 4.90 Å². The van der Waals surface area contributed by atoms with Crippen LogP contribution in [-0.2, 0) is 27.2 Å². The van der Waals surface area contributed by atoms with Crippen LogP contribution >= 0.6 is 0 Å². The molecular formula is C36H49N7O5. The zero-order valence-electron chi connectivity index (χ0n) is 29.0. The normalized spacial score (nSPS) is 18.9. The van der Waals surface area contributed by atoms with Gasteiger partial charge >= 0.3 is 0 Å². The number of benzene rings is 1. The van der Waals surface area contributed by atoms with Gasteiger partial charge in [-0.1, -0.05) is 20.8 Å². The third-order valence-electron chi connectivity index (χ3n) is 9.21. The second kappa shape index (κ2) is 14.6. The van der Waals surface area contributed by atoms with Crippen molar-refractivity contribution in [2.24, 2.45) is 5.41 Å². The van der Waals surface area contributed by atoms with Crippen LogP contribution in [0.5, 0.6) is 5.75 Å². The van der Waals surface area contributed by atoms with E-state index >= 15 is 0 Å². The van der Waals surface area contributed by atoms with E-state index in [1.54, 1.807) is 13.3 Å². The Labute approximate surface area is 283 Å². The molecule has 0 spiro atoms.